The molecule has 1 aliphatic heterocycles. The van der Waals surface area contributed by atoms with Crippen molar-refractivity contribution in [1.29, 1.82) is 0 Å². The number of likely N-dealkylation sites (N-methyl/N-ethyl adjacent to an activating group) is 1. The van der Waals surface area contributed by atoms with Crippen LogP contribution in [0.15, 0.2) is 30.3 Å². The Balaban J connectivity index is 2.18. The summed E-state index contributed by atoms with van der Waals surface area (Å²) in [6.45, 7) is 3.00. The first-order valence-electron chi connectivity index (χ1n) is 6.30. The summed E-state index contributed by atoms with van der Waals surface area (Å²) in [5.41, 5.74) is 1.24. The fraction of sp³-hybridized carbons (Fsp3) is 0.500. The molecule has 2 unspecified atom stereocenters. The zero-order valence-corrected chi connectivity index (χ0v) is 10.5. The van der Waals surface area contributed by atoms with E-state index in [-0.39, 0.29) is 18.0 Å². The van der Waals surface area contributed by atoms with E-state index in [0.29, 0.717) is 0 Å². The SMILES string of the molecule is CCC(c1ccccc1)N1CCC(NC)C1=O. The van der Waals surface area contributed by atoms with E-state index in [4.69, 9.17) is 0 Å². The van der Waals surface area contributed by atoms with E-state index < -0.39 is 0 Å². The molecule has 1 saturated heterocycles. The van der Waals surface area contributed by atoms with Gasteiger partial charge in [-0.25, -0.2) is 0 Å². The summed E-state index contributed by atoms with van der Waals surface area (Å²) in [5.74, 6) is 0.239. The number of carbonyl (C=O) groups is 1. The molecule has 1 amide bonds. The zero-order chi connectivity index (χ0) is 12.3. The third-order valence-corrected chi connectivity index (χ3v) is 3.54. The van der Waals surface area contributed by atoms with Gasteiger partial charge in [0.1, 0.15) is 0 Å². The monoisotopic (exact) mass is 232 g/mol. The van der Waals surface area contributed by atoms with Crippen molar-refractivity contribution in [2.24, 2.45) is 0 Å². The van der Waals surface area contributed by atoms with Crippen molar-refractivity contribution in [1.82, 2.24) is 10.2 Å². The lowest BCUT2D eigenvalue weighted by Gasteiger charge is -2.27. The molecule has 1 aromatic rings. The van der Waals surface area contributed by atoms with E-state index in [2.05, 4.69) is 24.4 Å². The van der Waals surface area contributed by atoms with Crippen LogP contribution in [0.1, 0.15) is 31.4 Å². The van der Waals surface area contributed by atoms with E-state index >= 15 is 0 Å². The molecule has 3 nitrogen and oxygen atoms in total. The van der Waals surface area contributed by atoms with Gasteiger partial charge in [0.15, 0.2) is 0 Å². The molecule has 0 bridgehead atoms. The molecule has 0 radical (unpaired) electrons. The Morgan fingerprint density at radius 2 is 2.12 bits per heavy atom. The van der Waals surface area contributed by atoms with Crippen LogP contribution in [0.2, 0.25) is 0 Å². The van der Waals surface area contributed by atoms with E-state index in [9.17, 15) is 4.79 Å². The van der Waals surface area contributed by atoms with Crippen molar-refractivity contribution in [3.8, 4) is 0 Å². The average Bonchev–Trinajstić information content (AvgIpc) is 2.73. The van der Waals surface area contributed by atoms with Crippen LogP contribution in [-0.2, 0) is 4.79 Å². The summed E-state index contributed by atoms with van der Waals surface area (Å²) in [6, 6.07) is 10.5. The summed E-state index contributed by atoms with van der Waals surface area (Å²) in [6.07, 6.45) is 1.88. The van der Waals surface area contributed by atoms with Crippen molar-refractivity contribution in [3.05, 3.63) is 35.9 Å². The number of amides is 1. The quantitative estimate of drug-likeness (QED) is 0.860. The minimum Gasteiger partial charge on any atom is -0.334 e. The van der Waals surface area contributed by atoms with Gasteiger partial charge in [0, 0.05) is 6.54 Å². The highest BCUT2D eigenvalue weighted by atomic mass is 16.2. The highest BCUT2D eigenvalue weighted by Crippen LogP contribution is 2.28. The first-order chi connectivity index (χ1) is 8.27. The fourth-order valence-electron chi connectivity index (χ4n) is 2.59. The Morgan fingerprint density at radius 1 is 1.41 bits per heavy atom. The largest absolute Gasteiger partial charge is 0.334 e. The molecule has 0 spiro atoms. The Kier molecular flexibility index (Phi) is 3.79. The molecule has 0 saturated carbocycles. The molecule has 1 heterocycles. The minimum atomic E-state index is 0.00719. The lowest BCUT2D eigenvalue weighted by molar-refractivity contribution is -0.131. The highest BCUT2D eigenvalue weighted by molar-refractivity contribution is 5.84. The summed E-state index contributed by atoms with van der Waals surface area (Å²) < 4.78 is 0. The normalized spacial score (nSPS) is 21.9. The van der Waals surface area contributed by atoms with Gasteiger partial charge in [0.25, 0.3) is 0 Å². The lowest BCUT2D eigenvalue weighted by atomic mass is 10.0. The van der Waals surface area contributed by atoms with Gasteiger partial charge in [-0.15, -0.1) is 0 Å². The number of benzene rings is 1. The van der Waals surface area contributed by atoms with E-state index in [1.165, 1.54) is 5.56 Å². The fourth-order valence-corrected chi connectivity index (χ4v) is 2.59. The summed E-state index contributed by atoms with van der Waals surface area (Å²) in [4.78, 5) is 14.2. The van der Waals surface area contributed by atoms with Gasteiger partial charge in [0.05, 0.1) is 12.1 Å². The Morgan fingerprint density at radius 3 is 2.65 bits per heavy atom. The maximum absolute atomic E-state index is 12.2. The molecule has 2 atom stereocenters. The van der Waals surface area contributed by atoms with Crippen LogP contribution in [-0.4, -0.2) is 30.4 Å². The first kappa shape index (κ1) is 12.1. The second kappa shape index (κ2) is 5.32. The van der Waals surface area contributed by atoms with Crippen LogP contribution in [0.4, 0.5) is 0 Å². The zero-order valence-electron chi connectivity index (χ0n) is 10.5. The molecule has 1 N–H and O–H groups in total. The molecule has 2 rings (SSSR count). The van der Waals surface area contributed by atoms with Crippen LogP contribution < -0.4 is 5.32 Å². The second-order valence-corrected chi connectivity index (χ2v) is 4.50. The maximum atomic E-state index is 12.2. The van der Waals surface area contributed by atoms with Crippen LogP contribution >= 0.6 is 0 Å². The predicted octanol–water partition coefficient (Wildman–Crippen LogP) is 1.96. The van der Waals surface area contributed by atoms with E-state index in [1.54, 1.807) is 0 Å². The number of hydrogen-bond donors (Lipinski definition) is 1. The summed E-state index contributed by atoms with van der Waals surface area (Å²) in [5, 5.41) is 3.08. The number of nitrogens with zero attached hydrogens (tertiary/aromatic N) is 1. The average molecular weight is 232 g/mol. The van der Waals surface area contributed by atoms with Gasteiger partial charge in [-0.05, 0) is 25.5 Å². The number of likely N-dealkylation sites (tertiary alicyclic amines) is 1. The van der Waals surface area contributed by atoms with Crippen molar-refractivity contribution >= 4 is 5.91 Å². The molecular weight excluding hydrogens is 212 g/mol. The number of nitrogens with one attached hydrogen (secondary N) is 1. The Labute approximate surface area is 103 Å². The molecule has 1 aromatic carbocycles. The summed E-state index contributed by atoms with van der Waals surface area (Å²) in [7, 11) is 1.86. The molecular formula is C14H20N2O. The third-order valence-electron chi connectivity index (χ3n) is 3.54. The molecule has 1 fully saturated rings. The van der Waals surface area contributed by atoms with Gasteiger partial charge in [-0.3, -0.25) is 4.79 Å². The second-order valence-electron chi connectivity index (χ2n) is 4.50. The topological polar surface area (TPSA) is 32.3 Å². The van der Waals surface area contributed by atoms with Gasteiger partial charge >= 0.3 is 0 Å². The van der Waals surface area contributed by atoms with Crippen molar-refractivity contribution in [2.45, 2.75) is 31.8 Å². The molecule has 3 heteroatoms. The number of hydrogen-bond acceptors (Lipinski definition) is 2. The van der Waals surface area contributed by atoms with Crippen LogP contribution in [0.3, 0.4) is 0 Å². The van der Waals surface area contributed by atoms with Crippen molar-refractivity contribution < 1.29 is 4.79 Å². The van der Waals surface area contributed by atoms with Gasteiger partial charge in [-0.1, -0.05) is 37.3 Å². The van der Waals surface area contributed by atoms with Crippen LogP contribution in [0, 0.1) is 0 Å². The number of carbonyl (C=O) groups excluding carboxylic acids is 1. The van der Waals surface area contributed by atoms with Crippen LogP contribution in [0.25, 0.3) is 0 Å². The standard InChI is InChI=1S/C14H20N2O/c1-3-13(11-7-5-4-6-8-11)16-10-9-12(15-2)14(16)17/h4-8,12-13,15H,3,9-10H2,1-2H3. The van der Waals surface area contributed by atoms with E-state index in [1.807, 2.05) is 30.1 Å². The molecule has 17 heavy (non-hydrogen) atoms. The van der Waals surface area contributed by atoms with Crippen molar-refractivity contribution in [2.75, 3.05) is 13.6 Å². The Hall–Kier alpha value is -1.35. The molecule has 92 valence electrons. The van der Waals surface area contributed by atoms with Gasteiger partial charge in [0.2, 0.25) is 5.91 Å². The molecule has 1 aliphatic rings. The van der Waals surface area contributed by atoms with Crippen LogP contribution in [0.5, 0.6) is 0 Å². The minimum absolute atomic E-state index is 0.00719. The maximum Gasteiger partial charge on any atom is 0.240 e. The van der Waals surface area contributed by atoms with Gasteiger partial charge < -0.3 is 10.2 Å². The molecule has 0 aromatic heterocycles. The Bertz CT molecular complexity index is 377. The lowest BCUT2D eigenvalue weighted by Crippen LogP contribution is -2.38. The van der Waals surface area contributed by atoms with E-state index in [0.717, 1.165) is 19.4 Å². The third kappa shape index (κ3) is 2.34. The number of rotatable bonds is 4. The van der Waals surface area contributed by atoms with Gasteiger partial charge in [-0.2, -0.15) is 0 Å². The molecule has 0 aliphatic carbocycles. The van der Waals surface area contributed by atoms with Crippen molar-refractivity contribution in [3.63, 3.8) is 0 Å². The first-order valence-corrected chi connectivity index (χ1v) is 6.30. The highest BCUT2D eigenvalue weighted by Gasteiger charge is 2.34. The summed E-state index contributed by atoms with van der Waals surface area (Å²) >= 11 is 0. The smallest absolute Gasteiger partial charge is 0.240 e. The predicted molar refractivity (Wildman–Crippen MR) is 68.7 cm³/mol.